The van der Waals surface area contributed by atoms with Gasteiger partial charge in [0.15, 0.2) is 6.23 Å². The van der Waals surface area contributed by atoms with Crippen LogP contribution in [0, 0.1) is 5.92 Å². The van der Waals surface area contributed by atoms with Crippen LogP contribution in [0.2, 0.25) is 0 Å². The minimum atomic E-state index is 0.0509. The third-order valence-electron chi connectivity index (χ3n) is 1.53. The van der Waals surface area contributed by atoms with Crippen LogP contribution in [0.4, 0.5) is 0 Å². The maximum absolute atomic E-state index is 5.30. The fraction of sp³-hybridized carbons (Fsp3) is 0.750. The summed E-state index contributed by atoms with van der Waals surface area (Å²) in [5.74, 6) is 0.441. The Morgan fingerprint density at radius 3 is 2.91 bits per heavy atom. The normalized spacial score (nSPS) is 22.9. The molecule has 64 valence electrons. The Morgan fingerprint density at radius 2 is 2.36 bits per heavy atom. The Hall–Kier alpha value is -0.700. The minimum absolute atomic E-state index is 0.0509. The molecule has 1 heterocycles. The van der Waals surface area contributed by atoms with Crippen LogP contribution in [0.5, 0.6) is 0 Å². The molecule has 3 heteroatoms. The van der Waals surface area contributed by atoms with Crippen LogP contribution in [0.15, 0.2) is 12.5 Å². The van der Waals surface area contributed by atoms with E-state index < -0.39 is 0 Å². The van der Waals surface area contributed by atoms with Crippen molar-refractivity contribution in [2.24, 2.45) is 5.92 Å². The molecule has 0 aliphatic carbocycles. The van der Waals surface area contributed by atoms with Gasteiger partial charge in [0, 0.05) is 5.92 Å². The average Bonchev–Trinajstić information content (AvgIpc) is 2.36. The second-order valence-electron chi connectivity index (χ2n) is 2.83. The van der Waals surface area contributed by atoms with E-state index in [-0.39, 0.29) is 6.23 Å². The highest BCUT2D eigenvalue weighted by atomic mass is 16.7. The molecule has 0 radical (unpaired) electrons. The molecule has 0 saturated heterocycles. The van der Waals surface area contributed by atoms with Crippen LogP contribution in [-0.4, -0.2) is 17.9 Å². The molecule has 11 heavy (non-hydrogen) atoms. The van der Waals surface area contributed by atoms with Crippen LogP contribution >= 0.6 is 0 Å². The van der Waals surface area contributed by atoms with Gasteiger partial charge in [0.05, 0.1) is 12.8 Å². The molecule has 0 N–H and O–H groups in total. The zero-order valence-corrected chi connectivity index (χ0v) is 7.28. The minimum Gasteiger partial charge on any atom is -0.474 e. The molecule has 0 spiro atoms. The summed E-state index contributed by atoms with van der Waals surface area (Å²) >= 11 is 0. The lowest BCUT2D eigenvalue weighted by Crippen LogP contribution is -2.32. The zero-order chi connectivity index (χ0) is 8.27. The highest BCUT2D eigenvalue weighted by molar-refractivity contribution is 4.82. The number of ether oxygens (including phenoxy) is 1. The van der Waals surface area contributed by atoms with E-state index in [1.807, 2.05) is 13.1 Å². The zero-order valence-electron chi connectivity index (χ0n) is 7.28. The molecule has 0 aromatic carbocycles. The van der Waals surface area contributed by atoms with E-state index in [0.717, 1.165) is 0 Å². The second kappa shape index (κ2) is 3.62. The number of hydrogen-bond donors (Lipinski definition) is 0. The Balaban J connectivity index is 2.42. The van der Waals surface area contributed by atoms with Gasteiger partial charge in [-0.2, -0.15) is 0 Å². The molecule has 1 rings (SSSR count). The Labute approximate surface area is 67.5 Å². The number of nitrogens with zero attached hydrogens (tertiary/aromatic N) is 1. The van der Waals surface area contributed by atoms with Crippen molar-refractivity contribution in [2.75, 3.05) is 6.61 Å². The van der Waals surface area contributed by atoms with Gasteiger partial charge in [-0.05, 0) is 6.92 Å². The van der Waals surface area contributed by atoms with E-state index in [9.17, 15) is 0 Å². The molecule has 1 aliphatic rings. The third-order valence-corrected chi connectivity index (χ3v) is 1.53. The van der Waals surface area contributed by atoms with Gasteiger partial charge in [-0.15, -0.1) is 0 Å². The average molecular weight is 157 g/mol. The summed E-state index contributed by atoms with van der Waals surface area (Å²) in [5, 5.41) is 1.75. The Bertz CT molecular complexity index is 145. The van der Waals surface area contributed by atoms with Gasteiger partial charge >= 0.3 is 0 Å². The van der Waals surface area contributed by atoms with E-state index in [0.29, 0.717) is 12.5 Å². The quantitative estimate of drug-likeness (QED) is 0.622. The van der Waals surface area contributed by atoms with Gasteiger partial charge in [0.2, 0.25) is 0 Å². The van der Waals surface area contributed by atoms with Crippen LogP contribution in [0.3, 0.4) is 0 Å². The smallest absolute Gasteiger partial charge is 0.196 e. The number of hydroxylamine groups is 2. The van der Waals surface area contributed by atoms with Crippen molar-refractivity contribution in [3.05, 3.63) is 12.5 Å². The lowest BCUT2D eigenvalue weighted by atomic mass is 10.2. The third kappa shape index (κ3) is 1.87. The topological polar surface area (TPSA) is 21.7 Å². The van der Waals surface area contributed by atoms with Gasteiger partial charge in [-0.3, -0.25) is 4.84 Å². The van der Waals surface area contributed by atoms with Gasteiger partial charge in [-0.25, -0.2) is 5.06 Å². The van der Waals surface area contributed by atoms with E-state index in [1.165, 1.54) is 0 Å². The molecule has 0 aromatic heterocycles. The van der Waals surface area contributed by atoms with E-state index in [4.69, 9.17) is 9.57 Å². The van der Waals surface area contributed by atoms with E-state index in [2.05, 4.69) is 13.8 Å². The van der Waals surface area contributed by atoms with Crippen molar-refractivity contribution >= 4 is 0 Å². The van der Waals surface area contributed by atoms with Crippen LogP contribution in [-0.2, 0) is 9.57 Å². The summed E-state index contributed by atoms with van der Waals surface area (Å²) in [6.07, 6.45) is 3.53. The molecule has 0 saturated carbocycles. The molecule has 3 nitrogen and oxygen atoms in total. The summed E-state index contributed by atoms with van der Waals surface area (Å²) in [6, 6.07) is 0. The molecular formula is C8H15NO2. The molecule has 1 atom stereocenters. The van der Waals surface area contributed by atoms with E-state index in [1.54, 1.807) is 11.3 Å². The van der Waals surface area contributed by atoms with Crippen molar-refractivity contribution in [2.45, 2.75) is 27.0 Å². The first-order valence-corrected chi connectivity index (χ1v) is 3.99. The lowest BCUT2D eigenvalue weighted by molar-refractivity contribution is -0.197. The fourth-order valence-electron chi connectivity index (χ4n) is 1.04. The van der Waals surface area contributed by atoms with Crippen molar-refractivity contribution < 1.29 is 9.57 Å². The van der Waals surface area contributed by atoms with Gasteiger partial charge in [0.25, 0.3) is 0 Å². The molecule has 0 amide bonds. The number of rotatable bonds is 3. The fourth-order valence-corrected chi connectivity index (χ4v) is 1.04. The van der Waals surface area contributed by atoms with Crippen molar-refractivity contribution in [3.63, 3.8) is 0 Å². The first kappa shape index (κ1) is 8.40. The highest BCUT2D eigenvalue weighted by Gasteiger charge is 2.24. The Kier molecular flexibility index (Phi) is 2.76. The Morgan fingerprint density at radius 1 is 1.64 bits per heavy atom. The first-order valence-electron chi connectivity index (χ1n) is 3.99. The largest absolute Gasteiger partial charge is 0.474 e. The predicted octanol–water partition coefficient (Wildman–Crippen LogP) is 1.72. The first-order chi connectivity index (χ1) is 5.25. The standard InChI is InChI=1S/C8H15NO2/c1-4-11-9-5-6-10-8(9)7(2)3/h5-8H,4H2,1-3H3. The van der Waals surface area contributed by atoms with Crippen LogP contribution in [0.1, 0.15) is 20.8 Å². The SMILES string of the molecule is CCON1C=COC1C(C)C. The van der Waals surface area contributed by atoms with Crippen molar-refractivity contribution in [3.8, 4) is 0 Å². The summed E-state index contributed by atoms with van der Waals surface area (Å²) in [5.41, 5.74) is 0. The second-order valence-corrected chi connectivity index (χ2v) is 2.83. The lowest BCUT2D eigenvalue weighted by Gasteiger charge is -2.25. The predicted molar refractivity (Wildman–Crippen MR) is 42.3 cm³/mol. The highest BCUT2D eigenvalue weighted by Crippen LogP contribution is 2.18. The van der Waals surface area contributed by atoms with Gasteiger partial charge in [-0.1, -0.05) is 13.8 Å². The summed E-state index contributed by atoms with van der Waals surface area (Å²) in [6.45, 7) is 6.84. The molecule has 0 fully saturated rings. The molecule has 0 aromatic rings. The summed E-state index contributed by atoms with van der Waals surface area (Å²) in [7, 11) is 0. The van der Waals surface area contributed by atoms with Crippen LogP contribution in [0.25, 0.3) is 0 Å². The van der Waals surface area contributed by atoms with Crippen molar-refractivity contribution in [1.29, 1.82) is 0 Å². The van der Waals surface area contributed by atoms with Gasteiger partial charge < -0.3 is 4.74 Å². The monoisotopic (exact) mass is 157 g/mol. The molecule has 1 unspecified atom stereocenters. The molecular weight excluding hydrogens is 142 g/mol. The van der Waals surface area contributed by atoms with Crippen molar-refractivity contribution in [1.82, 2.24) is 5.06 Å². The van der Waals surface area contributed by atoms with Crippen LogP contribution < -0.4 is 0 Å². The maximum Gasteiger partial charge on any atom is 0.196 e. The summed E-state index contributed by atoms with van der Waals surface area (Å²) < 4.78 is 5.30. The van der Waals surface area contributed by atoms with E-state index >= 15 is 0 Å². The summed E-state index contributed by atoms with van der Waals surface area (Å²) in [4.78, 5) is 5.30. The van der Waals surface area contributed by atoms with Gasteiger partial charge in [0.1, 0.15) is 6.26 Å². The number of hydrogen-bond acceptors (Lipinski definition) is 3. The molecule has 1 aliphatic heterocycles. The maximum atomic E-state index is 5.30. The molecule has 0 bridgehead atoms.